The first-order valence-corrected chi connectivity index (χ1v) is 11.6. The molecule has 4 aromatic rings. The highest BCUT2D eigenvalue weighted by Gasteiger charge is 2.15. The summed E-state index contributed by atoms with van der Waals surface area (Å²) >= 11 is 0. The molecule has 0 fully saturated rings. The van der Waals surface area contributed by atoms with Crippen molar-refractivity contribution in [3.8, 4) is 17.1 Å². The molecular formula is C26H33N9O2. The number of carbonyl (C=O) groups excluding carboxylic acids is 1. The SMILES string of the molecule is C=CC=O.CNc1cc(Nc2nccc(-c3ccc4nccn4n3)n2)c(OC)cc1N(C)CCN(C)C. The van der Waals surface area contributed by atoms with Gasteiger partial charge in [0.1, 0.15) is 17.7 Å². The normalized spacial score (nSPS) is 10.4. The minimum Gasteiger partial charge on any atom is -0.494 e. The number of nitrogens with one attached hydrogen (secondary N) is 2. The summed E-state index contributed by atoms with van der Waals surface area (Å²) in [7, 11) is 9.77. The van der Waals surface area contributed by atoms with E-state index in [0.29, 0.717) is 23.7 Å². The van der Waals surface area contributed by atoms with Gasteiger partial charge in [-0.05, 0) is 44.4 Å². The number of aldehydes is 1. The van der Waals surface area contributed by atoms with Gasteiger partial charge < -0.3 is 25.2 Å². The van der Waals surface area contributed by atoms with E-state index in [1.54, 1.807) is 30.2 Å². The number of imidazole rings is 1. The number of benzene rings is 1. The molecule has 0 saturated carbocycles. The maximum Gasteiger partial charge on any atom is 0.227 e. The van der Waals surface area contributed by atoms with Gasteiger partial charge in [-0.3, -0.25) is 4.79 Å². The van der Waals surface area contributed by atoms with Crippen LogP contribution in [0.2, 0.25) is 0 Å². The van der Waals surface area contributed by atoms with Crippen molar-refractivity contribution in [3.05, 3.63) is 61.6 Å². The first-order chi connectivity index (χ1) is 17.9. The predicted molar refractivity (Wildman–Crippen MR) is 148 cm³/mol. The van der Waals surface area contributed by atoms with E-state index < -0.39 is 0 Å². The van der Waals surface area contributed by atoms with E-state index in [-0.39, 0.29) is 0 Å². The van der Waals surface area contributed by atoms with Crippen molar-refractivity contribution in [3.63, 3.8) is 0 Å². The summed E-state index contributed by atoms with van der Waals surface area (Å²) in [6.45, 7) is 4.94. The average Bonchev–Trinajstić information content (AvgIpc) is 3.39. The van der Waals surface area contributed by atoms with Gasteiger partial charge >= 0.3 is 0 Å². The summed E-state index contributed by atoms with van der Waals surface area (Å²) in [6.07, 6.45) is 7.06. The molecule has 0 aliphatic heterocycles. The van der Waals surface area contributed by atoms with E-state index in [9.17, 15) is 0 Å². The second-order valence-corrected chi connectivity index (χ2v) is 8.26. The summed E-state index contributed by atoms with van der Waals surface area (Å²) in [5.41, 5.74) is 5.01. The molecule has 4 rings (SSSR count). The van der Waals surface area contributed by atoms with Crippen molar-refractivity contribution >= 4 is 34.9 Å². The van der Waals surface area contributed by atoms with E-state index >= 15 is 0 Å². The molecule has 0 saturated heterocycles. The number of rotatable bonds is 10. The first kappa shape index (κ1) is 27.1. The first-order valence-electron chi connectivity index (χ1n) is 11.6. The lowest BCUT2D eigenvalue weighted by atomic mass is 10.2. The van der Waals surface area contributed by atoms with Crippen molar-refractivity contribution in [1.29, 1.82) is 0 Å². The Labute approximate surface area is 216 Å². The highest BCUT2D eigenvalue weighted by atomic mass is 16.5. The average molecular weight is 504 g/mol. The Kier molecular flexibility index (Phi) is 9.50. The summed E-state index contributed by atoms with van der Waals surface area (Å²) < 4.78 is 7.40. The topological polar surface area (TPSA) is 113 Å². The summed E-state index contributed by atoms with van der Waals surface area (Å²) in [5, 5.41) is 11.1. The minimum absolute atomic E-state index is 0.453. The largest absolute Gasteiger partial charge is 0.494 e. The van der Waals surface area contributed by atoms with Gasteiger partial charge in [0, 0.05) is 51.8 Å². The third kappa shape index (κ3) is 7.01. The van der Waals surface area contributed by atoms with Crippen LogP contribution >= 0.6 is 0 Å². The fourth-order valence-electron chi connectivity index (χ4n) is 3.46. The fourth-order valence-corrected chi connectivity index (χ4v) is 3.46. The minimum atomic E-state index is 0.453. The van der Waals surface area contributed by atoms with Gasteiger partial charge in [-0.15, -0.1) is 0 Å². The summed E-state index contributed by atoms with van der Waals surface area (Å²) in [4.78, 5) is 26.7. The summed E-state index contributed by atoms with van der Waals surface area (Å²) in [5.74, 6) is 1.15. The highest BCUT2D eigenvalue weighted by molar-refractivity contribution is 5.80. The lowest BCUT2D eigenvalue weighted by molar-refractivity contribution is -0.104. The van der Waals surface area contributed by atoms with Crippen LogP contribution in [0.15, 0.2) is 61.6 Å². The molecular weight excluding hydrogens is 470 g/mol. The van der Waals surface area contributed by atoms with Crippen molar-refractivity contribution in [2.24, 2.45) is 0 Å². The quantitative estimate of drug-likeness (QED) is 0.247. The number of methoxy groups -OCH3 is 1. The number of likely N-dealkylation sites (N-methyl/N-ethyl adjacent to an activating group) is 2. The van der Waals surface area contributed by atoms with Crippen LogP contribution in [0.25, 0.3) is 17.0 Å². The number of carbonyl (C=O) groups is 1. The van der Waals surface area contributed by atoms with Crippen LogP contribution in [0.4, 0.5) is 23.0 Å². The Hall–Kier alpha value is -4.51. The van der Waals surface area contributed by atoms with Crippen molar-refractivity contribution in [2.75, 3.05) is 63.9 Å². The zero-order valence-electron chi connectivity index (χ0n) is 21.8. The van der Waals surface area contributed by atoms with Crippen LogP contribution in [0, 0.1) is 0 Å². The number of ether oxygens (including phenoxy) is 1. The van der Waals surface area contributed by atoms with E-state index in [1.807, 2.05) is 37.4 Å². The van der Waals surface area contributed by atoms with Gasteiger partial charge in [0.15, 0.2) is 5.65 Å². The standard InChI is InChI=1S/C23H29N9O.C3H4O/c1-24-18-14-19(21(33-5)15-20(18)31(4)13-12-30(2)3)28-23-26-9-8-16(27-23)17-6-7-22-25-10-11-32(22)29-17;1-2-3-4/h6-11,14-15,24H,12-13H2,1-5H3,(H,26,27,28);2-3H,1H2. The second-order valence-electron chi connectivity index (χ2n) is 8.26. The van der Waals surface area contributed by atoms with Crippen molar-refractivity contribution < 1.29 is 9.53 Å². The molecule has 0 aliphatic rings. The number of hydrogen-bond donors (Lipinski definition) is 2. The molecule has 37 heavy (non-hydrogen) atoms. The highest BCUT2D eigenvalue weighted by Crippen LogP contribution is 2.37. The van der Waals surface area contributed by atoms with Gasteiger partial charge in [-0.2, -0.15) is 5.10 Å². The van der Waals surface area contributed by atoms with E-state index in [4.69, 9.17) is 9.53 Å². The number of anilines is 4. The number of aromatic nitrogens is 5. The zero-order chi connectivity index (χ0) is 26.8. The van der Waals surface area contributed by atoms with Crippen LogP contribution < -0.4 is 20.3 Å². The van der Waals surface area contributed by atoms with Crippen molar-refractivity contribution in [1.82, 2.24) is 29.5 Å². The van der Waals surface area contributed by atoms with Gasteiger partial charge in [-0.1, -0.05) is 6.58 Å². The predicted octanol–water partition coefficient (Wildman–Crippen LogP) is 3.35. The van der Waals surface area contributed by atoms with Gasteiger partial charge in [-0.25, -0.2) is 19.5 Å². The van der Waals surface area contributed by atoms with E-state index in [1.165, 1.54) is 6.08 Å². The lowest BCUT2D eigenvalue weighted by Crippen LogP contribution is -2.29. The Bertz CT molecular complexity index is 1330. The smallest absolute Gasteiger partial charge is 0.227 e. The van der Waals surface area contributed by atoms with Crippen LogP contribution in [0.1, 0.15) is 0 Å². The van der Waals surface area contributed by atoms with Crippen molar-refractivity contribution in [2.45, 2.75) is 0 Å². The molecule has 0 amide bonds. The molecule has 0 aliphatic carbocycles. The maximum atomic E-state index is 9.06. The molecule has 0 bridgehead atoms. The van der Waals surface area contributed by atoms with Crippen LogP contribution in [0.3, 0.4) is 0 Å². The Balaban J connectivity index is 0.000000886. The van der Waals surface area contributed by atoms with Crippen LogP contribution in [-0.4, -0.2) is 84.1 Å². The van der Waals surface area contributed by atoms with Gasteiger partial charge in [0.05, 0.1) is 29.9 Å². The molecule has 2 N–H and O–H groups in total. The third-order valence-electron chi connectivity index (χ3n) is 5.40. The molecule has 3 heterocycles. The zero-order valence-corrected chi connectivity index (χ0v) is 21.8. The lowest BCUT2D eigenvalue weighted by Gasteiger charge is -2.25. The molecule has 0 spiro atoms. The number of hydrogen-bond acceptors (Lipinski definition) is 10. The molecule has 1 aromatic carbocycles. The van der Waals surface area contributed by atoms with E-state index in [0.717, 1.165) is 41.5 Å². The number of allylic oxidation sites excluding steroid dienone is 1. The number of nitrogens with zero attached hydrogens (tertiary/aromatic N) is 7. The second kappa shape index (κ2) is 13.0. The molecule has 11 nitrogen and oxygen atoms in total. The monoisotopic (exact) mass is 503 g/mol. The van der Waals surface area contributed by atoms with E-state index in [2.05, 4.69) is 68.2 Å². The fraction of sp³-hybridized carbons (Fsp3) is 0.269. The van der Waals surface area contributed by atoms with Gasteiger partial charge in [0.25, 0.3) is 0 Å². The van der Waals surface area contributed by atoms with Gasteiger partial charge in [0.2, 0.25) is 5.95 Å². The molecule has 0 atom stereocenters. The number of fused-ring (bicyclic) bond motifs is 1. The van der Waals surface area contributed by atoms with Crippen LogP contribution in [0.5, 0.6) is 5.75 Å². The Morgan fingerprint density at radius 1 is 1.05 bits per heavy atom. The molecule has 0 radical (unpaired) electrons. The molecule has 3 aromatic heterocycles. The Morgan fingerprint density at radius 3 is 2.51 bits per heavy atom. The molecule has 11 heteroatoms. The maximum absolute atomic E-state index is 9.06. The summed E-state index contributed by atoms with van der Waals surface area (Å²) in [6, 6.07) is 9.65. The molecule has 0 unspecified atom stereocenters. The molecule has 194 valence electrons. The third-order valence-corrected chi connectivity index (χ3v) is 5.40. The van der Waals surface area contributed by atoms with Crippen LogP contribution in [-0.2, 0) is 4.79 Å². The Morgan fingerprint density at radius 2 is 1.84 bits per heavy atom.